The Morgan fingerprint density at radius 3 is 2.39 bits per heavy atom. The molecular weight excluding hydrogens is 224 g/mol. The van der Waals surface area contributed by atoms with Crippen molar-refractivity contribution in [1.82, 2.24) is 5.32 Å². The second-order valence-electron chi connectivity index (χ2n) is 5.22. The molecule has 3 nitrogen and oxygen atoms in total. The minimum Gasteiger partial charge on any atom is -0.394 e. The molecule has 18 heavy (non-hydrogen) atoms. The smallest absolute Gasteiger partial charge is 0.101 e. The lowest BCUT2D eigenvalue weighted by Crippen LogP contribution is -2.43. The minimum absolute atomic E-state index is 0.0119. The van der Waals surface area contributed by atoms with Crippen LogP contribution in [0.5, 0.6) is 0 Å². The molecule has 2 N–H and O–H groups in total. The van der Waals surface area contributed by atoms with E-state index in [1.165, 1.54) is 0 Å². The second-order valence-corrected chi connectivity index (χ2v) is 5.22. The Kier molecular flexibility index (Phi) is 5.33. The van der Waals surface area contributed by atoms with Gasteiger partial charge in [0.2, 0.25) is 0 Å². The lowest BCUT2D eigenvalue weighted by molar-refractivity contribution is 0.200. The summed E-state index contributed by atoms with van der Waals surface area (Å²) >= 11 is 0. The van der Waals surface area contributed by atoms with E-state index in [4.69, 9.17) is 0 Å². The van der Waals surface area contributed by atoms with Gasteiger partial charge in [-0.3, -0.25) is 5.32 Å². The number of benzene rings is 1. The van der Waals surface area contributed by atoms with Crippen LogP contribution in [0.2, 0.25) is 0 Å². The maximum atomic E-state index is 9.49. The zero-order chi connectivity index (χ0) is 13.6. The lowest BCUT2D eigenvalue weighted by atomic mass is 9.82. The van der Waals surface area contributed by atoms with Crippen LogP contribution < -0.4 is 5.32 Å². The Bertz CT molecular complexity index is 395. The quantitative estimate of drug-likeness (QED) is 0.811. The van der Waals surface area contributed by atoms with E-state index in [1.807, 2.05) is 30.3 Å². The number of nitrogens with zero attached hydrogens (tertiary/aromatic N) is 1. The van der Waals surface area contributed by atoms with Crippen molar-refractivity contribution in [3.63, 3.8) is 0 Å². The number of nitriles is 1. The molecule has 0 aliphatic heterocycles. The van der Waals surface area contributed by atoms with Crippen molar-refractivity contribution in [2.45, 2.75) is 39.3 Å². The van der Waals surface area contributed by atoms with E-state index < -0.39 is 0 Å². The third-order valence-corrected chi connectivity index (χ3v) is 3.57. The Morgan fingerprint density at radius 1 is 1.33 bits per heavy atom. The summed E-state index contributed by atoms with van der Waals surface area (Å²) < 4.78 is 0. The van der Waals surface area contributed by atoms with Crippen molar-refractivity contribution in [3.05, 3.63) is 35.9 Å². The van der Waals surface area contributed by atoms with Crippen LogP contribution >= 0.6 is 0 Å². The van der Waals surface area contributed by atoms with E-state index in [1.54, 1.807) is 0 Å². The molecule has 1 rings (SSSR count). The lowest BCUT2D eigenvalue weighted by Gasteiger charge is -2.32. The van der Waals surface area contributed by atoms with Gasteiger partial charge in [-0.15, -0.1) is 0 Å². The second kappa shape index (κ2) is 6.53. The largest absolute Gasteiger partial charge is 0.394 e. The van der Waals surface area contributed by atoms with E-state index >= 15 is 0 Å². The van der Waals surface area contributed by atoms with Crippen molar-refractivity contribution in [2.75, 3.05) is 6.61 Å². The highest BCUT2D eigenvalue weighted by atomic mass is 16.3. The molecule has 0 fully saturated rings. The highest BCUT2D eigenvalue weighted by Gasteiger charge is 2.29. The van der Waals surface area contributed by atoms with E-state index in [0.29, 0.717) is 0 Å². The van der Waals surface area contributed by atoms with Gasteiger partial charge < -0.3 is 5.11 Å². The standard InChI is InChI=1S/C15H22N2O/c1-4-15(2,3)14(10-16)17-13(11-18)12-8-6-5-7-9-12/h5-9,13-14,17-18H,4,11H2,1-3H3. The number of rotatable bonds is 6. The van der Waals surface area contributed by atoms with Crippen molar-refractivity contribution >= 4 is 0 Å². The molecule has 0 aliphatic carbocycles. The van der Waals surface area contributed by atoms with Crippen molar-refractivity contribution < 1.29 is 5.11 Å². The van der Waals surface area contributed by atoms with Crippen LogP contribution in [0, 0.1) is 16.7 Å². The highest BCUT2D eigenvalue weighted by molar-refractivity contribution is 5.20. The minimum atomic E-state index is -0.278. The first-order valence-electron chi connectivity index (χ1n) is 6.36. The molecular formula is C15H22N2O. The molecule has 98 valence electrons. The molecule has 0 aliphatic rings. The van der Waals surface area contributed by atoms with Gasteiger partial charge in [0.05, 0.1) is 18.7 Å². The maximum absolute atomic E-state index is 9.49. The van der Waals surface area contributed by atoms with E-state index in [-0.39, 0.29) is 24.1 Å². The molecule has 1 aromatic rings. The average molecular weight is 246 g/mol. The van der Waals surface area contributed by atoms with E-state index in [0.717, 1.165) is 12.0 Å². The Balaban J connectivity index is 2.83. The highest BCUT2D eigenvalue weighted by Crippen LogP contribution is 2.26. The topological polar surface area (TPSA) is 56.0 Å². The number of aliphatic hydroxyl groups excluding tert-OH is 1. The maximum Gasteiger partial charge on any atom is 0.101 e. The van der Waals surface area contributed by atoms with Crippen LogP contribution in [0.1, 0.15) is 38.8 Å². The molecule has 1 aromatic carbocycles. The molecule has 2 atom stereocenters. The van der Waals surface area contributed by atoms with Crippen LogP contribution in [-0.2, 0) is 0 Å². The molecule has 2 unspecified atom stereocenters. The molecule has 0 saturated heterocycles. The third kappa shape index (κ3) is 3.56. The zero-order valence-electron chi connectivity index (χ0n) is 11.4. The summed E-state index contributed by atoms with van der Waals surface area (Å²) in [7, 11) is 0. The molecule has 0 aromatic heterocycles. The van der Waals surface area contributed by atoms with Gasteiger partial charge >= 0.3 is 0 Å². The number of nitrogens with one attached hydrogen (secondary N) is 1. The normalized spacial score (nSPS) is 14.8. The fourth-order valence-electron chi connectivity index (χ4n) is 1.78. The Hall–Kier alpha value is -1.37. The number of hydrogen-bond acceptors (Lipinski definition) is 3. The van der Waals surface area contributed by atoms with Gasteiger partial charge in [-0.2, -0.15) is 5.26 Å². The fraction of sp³-hybridized carbons (Fsp3) is 0.533. The van der Waals surface area contributed by atoms with Crippen LogP contribution in [-0.4, -0.2) is 17.8 Å². The van der Waals surface area contributed by atoms with Crippen molar-refractivity contribution in [2.24, 2.45) is 5.41 Å². The summed E-state index contributed by atoms with van der Waals surface area (Å²) in [6.07, 6.45) is 0.908. The van der Waals surface area contributed by atoms with E-state index in [9.17, 15) is 10.4 Å². The molecule has 0 saturated carbocycles. The van der Waals surface area contributed by atoms with Crippen molar-refractivity contribution in [1.29, 1.82) is 5.26 Å². The predicted molar refractivity (Wildman–Crippen MR) is 72.9 cm³/mol. The van der Waals surface area contributed by atoms with Crippen LogP contribution in [0.4, 0.5) is 0 Å². The summed E-state index contributed by atoms with van der Waals surface area (Å²) in [5, 5.41) is 22.0. The molecule has 3 heteroatoms. The van der Waals surface area contributed by atoms with E-state index in [2.05, 4.69) is 32.2 Å². The Morgan fingerprint density at radius 2 is 1.94 bits per heavy atom. The molecule has 0 radical (unpaired) electrons. The van der Waals surface area contributed by atoms with Crippen LogP contribution in [0.3, 0.4) is 0 Å². The molecule has 0 heterocycles. The summed E-state index contributed by atoms with van der Waals surface area (Å²) in [6, 6.07) is 11.6. The van der Waals surface area contributed by atoms with Gasteiger partial charge in [0.25, 0.3) is 0 Å². The predicted octanol–water partition coefficient (Wildman–Crippen LogP) is 2.64. The first kappa shape index (κ1) is 14.7. The SMILES string of the molecule is CCC(C)(C)C(C#N)NC(CO)c1ccccc1. The van der Waals surface area contributed by atoms with Gasteiger partial charge in [-0.1, -0.05) is 51.1 Å². The first-order valence-corrected chi connectivity index (χ1v) is 6.36. The monoisotopic (exact) mass is 246 g/mol. The average Bonchev–Trinajstić information content (AvgIpc) is 2.40. The summed E-state index contributed by atoms with van der Waals surface area (Å²) in [4.78, 5) is 0. The first-order chi connectivity index (χ1) is 8.55. The summed E-state index contributed by atoms with van der Waals surface area (Å²) in [5.74, 6) is 0. The van der Waals surface area contributed by atoms with Gasteiger partial charge in [-0.25, -0.2) is 0 Å². The Labute approximate surface area is 109 Å². The van der Waals surface area contributed by atoms with Gasteiger partial charge in [0.1, 0.15) is 6.04 Å². The zero-order valence-corrected chi connectivity index (χ0v) is 11.4. The summed E-state index contributed by atoms with van der Waals surface area (Å²) in [5.41, 5.74) is 0.892. The molecule has 0 amide bonds. The molecule has 0 spiro atoms. The van der Waals surface area contributed by atoms with Gasteiger partial charge in [0.15, 0.2) is 0 Å². The fourth-order valence-corrected chi connectivity index (χ4v) is 1.78. The summed E-state index contributed by atoms with van der Waals surface area (Å²) in [6.45, 7) is 6.19. The number of hydrogen-bond donors (Lipinski definition) is 2. The van der Waals surface area contributed by atoms with Crippen molar-refractivity contribution in [3.8, 4) is 6.07 Å². The van der Waals surface area contributed by atoms with Gasteiger partial charge in [-0.05, 0) is 17.4 Å². The van der Waals surface area contributed by atoms with Crippen LogP contribution in [0.25, 0.3) is 0 Å². The van der Waals surface area contributed by atoms with Gasteiger partial charge in [0, 0.05) is 0 Å². The van der Waals surface area contributed by atoms with Crippen LogP contribution in [0.15, 0.2) is 30.3 Å². The molecule has 0 bridgehead atoms. The third-order valence-electron chi connectivity index (χ3n) is 3.57. The number of aliphatic hydroxyl groups is 1.